The van der Waals surface area contributed by atoms with Crippen molar-refractivity contribution in [2.45, 2.75) is 12.7 Å². The molecule has 0 saturated carbocycles. The van der Waals surface area contributed by atoms with Crippen molar-refractivity contribution >= 4 is 29.5 Å². The molecule has 0 radical (unpaired) electrons. The maximum absolute atomic E-state index is 14.1. The average molecular weight is 397 g/mol. The van der Waals surface area contributed by atoms with Gasteiger partial charge >= 0.3 is 0 Å². The number of nitrogens with zero attached hydrogens (tertiary/aromatic N) is 2. The number of nitrogens with one attached hydrogen (secondary N) is 2. The second-order valence-corrected chi connectivity index (χ2v) is 6.66. The number of nitrogens with two attached hydrogens (primary N) is 1. The minimum Gasteiger partial charge on any atom is -0.404 e. The summed E-state index contributed by atoms with van der Waals surface area (Å²) in [4.78, 5) is 18.0. The van der Waals surface area contributed by atoms with Crippen LogP contribution in [0.15, 0.2) is 48.9 Å². The van der Waals surface area contributed by atoms with Gasteiger partial charge in [0.2, 0.25) is 5.91 Å². The highest BCUT2D eigenvalue weighted by Gasteiger charge is 2.25. The van der Waals surface area contributed by atoms with E-state index in [1.807, 2.05) is 17.0 Å². The van der Waals surface area contributed by atoms with E-state index in [1.165, 1.54) is 18.3 Å². The van der Waals surface area contributed by atoms with Crippen LogP contribution in [0.25, 0.3) is 11.6 Å². The Bertz CT molecular complexity index is 950. The monoisotopic (exact) mass is 397 g/mol. The number of rotatable bonds is 7. The van der Waals surface area contributed by atoms with E-state index in [0.29, 0.717) is 30.9 Å². The van der Waals surface area contributed by atoms with Gasteiger partial charge in [0.1, 0.15) is 12.0 Å². The average Bonchev–Trinajstić information content (AvgIpc) is 2.69. The number of amides is 1. The molecule has 1 aromatic carbocycles. The molecule has 0 aliphatic carbocycles. The van der Waals surface area contributed by atoms with Crippen LogP contribution in [0, 0.1) is 11.2 Å². The lowest BCUT2D eigenvalue weighted by Crippen LogP contribution is -2.47. The SMILES string of the molecule is N=CC(=CN)c1c(F)cncc1/C=C/C(=O)Nc1ccc(CN2CC(F)C2)cc1. The fourth-order valence-electron chi connectivity index (χ4n) is 3.02. The van der Waals surface area contributed by atoms with E-state index in [-0.39, 0.29) is 11.1 Å². The summed E-state index contributed by atoms with van der Waals surface area (Å²) in [5.74, 6) is -1.03. The first-order valence-electron chi connectivity index (χ1n) is 9.01. The van der Waals surface area contributed by atoms with Crippen LogP contribution in [0.3, 0.4) is 0 Å². The molecular weight excluding hydrogens is 376 g/mol. The Morgan fingerprint density at radius 2 is 2.03 bits per heavy atom. The van der Waals surface area contributed by atoms with Crippen molar-refractivity contribution in [3.63, 3.8) is 0 Å². The zero-order chi connectivity index (χ0) is 20.8. The van der Waals surface area contributed by atoms with E-state index < -0.39 is 17.9 Å². The molecule has 2 heterocycles. The smallest absolute Gasteiger partial charge is 0.248 e. The number of hydrogen-bond acceptors (Lipinski definition) is 5. The van der Waals surface area contributed by atoms with Gasteiger partial charge in [0.15, 0.2) is 0 Å². The predicted octanol–water partition coefficient (Wildman–Crippen LogP) is 2.98. The van der Waals surface area contributed by atoms with Crippen LogP contribution in [0.4, 0.5) is 14.5 Å². The zero-order valence-electron chi connectivity index (χ0n) is 15.6. The van der Waals surface area contributed by atoms with Crippen molar-refractivity contribution in [3.8, 4) is 0 Å². The van der Waals surface area contributed by atoms with Gasteiger partial charge in [-0.3, -0.25) is 14.7 Å². The largest absolute Gasteiger partial charge is 0.404 e. The minimum atomic E-state index is -0.732. The van der Waals surface area contributed by atoms with Crippen molar-refractivity contribution in [1.29, 1.82) is 5.41 Å². The highest BCUT2D eigenvalue weighted by atomic mass is 19.1. The van der Waals surface area contributed by atoms with Crippen LogP contribution in [-0.2, 0) is 11.3 Å². The van der Waals surface area contributed by atoms with Gasteiger partial charge in [0.25, 0.3) is 0 Å². The normalized spacial score (nSPS) is 15.3. The highest BCUT2D eigenvalue weighted by molar-refractivity contribution is 6.10. The van der Waals surface area contributed by atoms with E-state index >= 15 is 0 Å². The molecule has 1 aliphatic heterocycles. The summed E-state index contributed by atoms with van der Waals surface area (Å²) in [6.45, 7) is 1.59. The van der Waals surface area contributed by atoms with E-state index in [2.05, 4.69) is 10.3 Å². The third kappa shape index (κ3) is 5.11. The van der Waals surface area contributed by atoms with Gasteiger partial charge in [-0.1, -0.05) is 12.1 Å². The van der Waals surface area contributed by atoms with Crippen LogP contribution in [0.2, 0.25) is 0 Å². The van der Waals surface area contributed by atoms with Crippen molar-refractivity contribution in [1.82, 2.24) is 9.88 Å². The number of halogens is 2. The Balaban J connectivity index is 1.64. The van der Waals surface area contributed by atoms with Gasteiger partial charge in [-0.15, -0.1) is 0 Å². The molecule has 150 valence electrons. The van der Waals surface area contributed by atoms with Crippen LogP contribution >= 0.6 is 0 Å². The number of anilines is 1. The molecule has 1 fully saturated rings. The number of carbonyl (C=O) groups excluding carboxylic acids is 1. The van der Waals surface area contributed by atoms with E-state index in [4.69, 9.17) is 11.1 Å². The molecule has 1 saturated heterocycles. The molecule has 1 aromatic heterocycles. The van der Waals surface area contributed by atoms with Crippen LogP contribution in [0.5, 0.6) is 0 Å². The summed E-state index contributed by atoms with van der Waals surface area (Å²) in [6.07, 6.45) is 6.41. The summed E-state index contributed by atoms with van der Waals surface area (Å²) in [6, 6.07) is 7.30. The second kappa shape index (κ2) is 9.20. The first kappa shape index (κ1) is 20.3. The number of carbonyl (C=O) groups is 1. The van der Waals surface area contributed by atoms with Crippen molar-refractivity contribution in [3.05, 3.63) is 71.4 Å². The molecule has 1 aliphatic rings. The first-order valence-corrected chi connectivity index (χ1v) is 9.01. The number of likely N-dealkylation sites (tertiary alicyclic amines) is 1. The summed E-state index contributed by atoms with van der Waals surface area (Å²) in [5, 5.41) is 10.1. The van der Waals surface area contributed by atoms with Crippen LogP contribution in [0.1, 0.15) is 16.7 Å². The Morgan fingerprint density at radius 1 is 1.31 bits per heavy atom. The number of allylic oxidation sites excluding steroid dienone is 1. The van der Waals surface area contributed by atoms with Crippen LogP contribution in [-0.4, -0.2) is 41.3 Å². The van der Waals surface area contributed by atoms with E-state index in [1.54, 1.807) is 12.1 Å². The molecule has 8 heteroatoms. The molecule has 1 amide bonds. The third-order valence-electron chi connectivity index (χ3n) is 4.51. The Kier molecular flexibility index (Phi) is 6.46. The summed E-state index contributed by atoms with van der Waals surface area (Å²) >= 11 is 0. The quantitative estimate of drug-likeness (QED) is 0.494. The van der Waals surface area contributed by atoms with Gasteiger partial charge in [0.05, 0.1) is 6.20 Å². The Labute approximate surface area is 167 Å². The van der Waals surface area contributed by atoms with Gasteiger partial charge in [-0.25, -0.2) is 8.78 Å². The van der Waals surface area contributed by atoms with Crippen molar-refractivity contribution in [2.24, 2.45) is 5.73 Å². The third-order valence-corrected chi connectivity index (χ3v) is 4.51. The first-order chi connectivity index (χ1) is 14.0. The number of alkyl halides is 1. The Hall–Kier alpha value is -3.39. The molecule has 3 rings (SSSR count). The molecular formula is C21H21F2N5O. The Morgan fingerprint density at radius 3 is 2.66 bits per heavy atom. The summed E-state index contributed by atoms with van der Waals surface area (Å²) in [7, 11) is 0. The standard InChI is InChI=1S/C21H21F2N5O/c22-17-12-28(13-17)11-14-1-4-18(5-2-14)27-20(29)6-3-15-9-26-10-19(23)21(15)16(7-24)8-25/h1-10,17,24H,11-13,25H2,(H,27,29)/b6-3+,16-8?,24-7?. The minimum absolute atomic E-state index is 0.104. The number of aromatic nitrogens is 1. The van der Waals surface area contributed by atoms with Gasteiger partial charge in [-0.05, 0) is 23.8 Å². The fraction of sp³-hybridized carbons (Fsp3) is 0.190. The lowest BCUT2D eigenvalue weighted by Gasteiger charge is -2.34. The topological polar surface area (TPSA) is 95.1 Å². The lowest BCUT2D eigenvalue weighted by molar-refractivity contribution is -0.111. The molecule has 0 atom stereocenters. The molecule has 0 spiro atoms. The molecule has 2 aromatic rings. The van der Waals surface area contributed by atoms with Gasteiger partial charge in [0, 0.05) is 66.7 Å². The van der Waals surface area contributed by atoms with Gasteiger partial charge < -0.3 is 16.5 Å². The highest BCUT2D eigenvalue weighted by Crippen LogP contribution is 2.21. The molecule has 29 heavy (non-hydrogen) atoms. The van der Waals surface area contributed by atoms with Gasteiger partial charge in [-0.2, -0.15) is 0 Å². The summed E-state index contributed by atoms with van der Waals surface area (Å²) < 4.78 is 27.0. The number of hydrogen-bond donors (Lipinski definition) is 3. The molecule has 6 nitrogen and oxygen atoms in total. The van der Waals surface area contributed by atoms with Crippen LogP contribution < -0.4 is 11.1 Å². The number of benzene rings is 1. The molecule has 0 bridgehead atoms. The van der Waals surface area contributed by atoms with Crippen molar-refractivity contribution in [2.75, 3.05) is 18.4 Å². The predicted molar refractivity (Wildman–Crippen MR) is 109 cm³/mol. The van der Waals surface area contributed by atoms with Crippen molar-refractivity contribution < 1.29 is 13.6 Å². The molecule has 4 N–H and O–H groups in total. The second-order valence-electron chi connectivity index (χ2n) is 6.66. The zero-order valence-corrected chi connectivity index (χ0v) is 15.6. The maximum atomic E-state index is 14.1. The summed E-state index contributed by atoms with van der Waals surface area (Å²) in [5.41, 5.74) is 7.71. The molecule has 0 unspecified atom stereocenters. The fourth-order valence-corrected chi connectivity index (χ4v) is 3.02. The van der Waals surface area contributed by atoms with E-state index in [0.717, 1.165) is 24.2 Å². The maximum Gasteiger partial charge on any atom is 0.248 e. The lowest BCUT2D eigenvalue weighted by atomic mass is 10.0. The van der Waals surface area contributed by atoms with E-state index in [9.17, 15) is 13.6 Å². The number of pyridine rings is 1.